The molecule has 2 aromatic heterocycles. The van der Waals surface area contributed by atoms with Gasteiger partial charge >= 0.3 is 0 Å². The van der Waals surface area contributed by atoms with Crippen LogP contribution < -0.4 is 10.6 Å². The van der Waals surface area contributed by atoms with E-state index in [-0.39, 0.29) is 63.2 Å². The molecule has 42 heavy (non-hydrogen) atoms. The molecule has 2 aliphatic rings. The first kappa shape index (κ1) is 29.0. The Morgan fingerprint density at radius 1 is 1.10 bits per heavy atom. The van der Waals surface area contributed by atoms with Gasteiger partial charge in [-0.15, -0.1) is 5.10 Å². The van der Waals surface area contributed by atoms with Gasteiger partial charge in [0.25, 0.3) is 0 Å². The fraction of sp³-hybridized carbons (Fsp3) is 0.483. The number of hydrogen-bond acceptors (Lipinski definition) is 8. The van der Waals surface area contributed by atoms with Gasteiger partial charge in [-0.2, -0.15) is 0 Å². The number of nitrogens with zero attached hydrogens (tertiary/aromatic N) is 6. The predicted octanol–water partition coefficient (Wildman–Crippen LogP) is 0.693. The van der Waals surface area contributed by atoms with Gasteiger partial charge in [0.2, 0.25) is 23.6 Å². The molecule has 0 radical (unpaired) electrons. The van der Waals surface area contributed by atoms with Crippen LogP contribution >= 0.6 is 0 Å². The summed E-state index contributed by atoms with van der Waals surface area (Å²) in [5.74, 6) is -0.452. The van der Waals surface area contributed by atoms with E-state index in [1.807, 2.05) is 44.2 Å². The highest BCUT2D eigenvalue weighted by Crippen LogP contribution is 2.19. The van der Waals surface area contributed by atoms with Crippen LogP contribution in [-0.2, 0) is 45.1 Å². The van der Waals surface area contributed by atoms with Gasteiger partial charge in [-0.25, -0.2) is 0 Å². The molecule has 4 heterocycles. The van der Waals surface area contributed by atoms with E-state index in [4.69, 9.17) is 4.52 Å². The lowest BCUT2D eigenvalue weighted by molar-refractivity contribution is -0.150. The first-order chi connectivity index (χ1) is 20.3. The summed E-state index contributed by atoms with van der Waals surface area (Å²) in [7, 11) is 0. The molecular formula is C29H36N8O5. The third-order valence-electron chi connectivity index (χ3n) is 7.83. The number of amides is 4. The maximum Gasteiger partial charge on any atom is 0.246 e. The van der Waals surface area contributed by atoms with Gasteiger partial charge in [-0.05, 0) is 32.3 Å². The molecule has 0 aliphatic carbocycles. The SMILES string of the molecule is Cc1noc(C)c1CCC(=O)N1CCN2C(=O)[C@H](Cc3ccccc3)NC(=O)CCCn3cc(nn3)CNC(=O)[C@H]2C1. The zero-order valence-electron chi connectivity index (χ0n) is 23.9. The van der Waals surface area contributed by atoms with Crippen molar-refractivity contribution in [3.8, 4) is 0 Å². The van der Waals surface area contributed by atoms with E-state index in [9.17, 15) is 19.2 Å². The minimum atomic E-state index is -0.940. The fourth-order valence-electron chi connectivity index (χ4n) is 5.49. The van der Waals surface area contributed by atoms with Gasteiger partial charge in [-0.3, -0.25) is 23.9 Å². The van der Waals surface area contributed by atoms with E-state index in [0.717, 1.165) is 16.8 Å². The minimum Gasteiger partial charge on any atom is -0.361 e. The lowest BCUT2D eigenvalue weighted by Gasteiger charge is -2.42. The van der Waals surface area contributed by atoms with E-state index in [1.165, 1.54) is 4.90 Å². The summed E-state index contributed by atoms with van der Waals surface area (Å²) in [6.07, 6.45) is 3.43. The van der Waals surface area contributed by atoms with Crippen LogP contribution in [0.15, 0.2) is 41.1 Å². The van der Waals surface area contributed by atoms with E-state index in [1.54, 1.807) is 15.8 Å². The molecule has 0 saturated carbocycles. The van der Waals surface area contributed by atoms with Crippen molar-refractivity contribution in [1.82, 2.24) is 40.6 Å². The molecule has 13 heteroatoms. The molecule has 13 nitrogen and oxygen atoms in total. The van der Waals surface area contributed by atoms with Crippen LogP contribution in [0.5, 0.6) is 0 Å². The molecule has 2 aliphatic heterocycles. The summed E-state index contributed by atoms with van der Waals surface area (Å²) in [6.45, 7) is 4.73. The zero-order valence-corrected chi connectivity index (χ0v) is 23.9. The van der Waals surface area contributed by atoms with Crippen molar-refractivity contribution in [3.63, 3.8) is 0 Å². The summed E-state index contributed by atoms with van der Waals surface area (Å²) in [4.78, 5) is 56.9. The van der Waals surface area contributed by atoms with Gasteiger partial charge in [-0.1, -0.05) is 40.7 Å². The first-order valence-electron chi connectivity index (χ1n) is 14.3. The molecule has 1 aromatic carbocycles. The van der Waals surface area contributed by atoms with Crippen LogP contribution in [0.3, 0.4) is 0 Å². The van der Waals surface area contributed by atoms with Gasteiger partial charge in [0.1, 0.15) is 23.5 Å². The van der Waals surface area contributed by atoms with Crippen LogP contribution in [0.25, 0.3) is 0 Å². The Labute approximate surface area is 243 Å². The number of nitrogens with one attached hydrogen (secondary N) is 2. The molecule has 4 amide bonds. The lowest BCUT2D eigenvalue weighted by atomic mass is 10.0. The maximum atomic E-state index is 14.0. The Balaban J connectivity index is 1.37. The Kier molecular flexibility index (Phi) is 8.94. The number of piperazine rings is 1. The number of fused-ring (bicyclic) bond motifs is 3. The van der Waals surface area contributed by atoms with Crippen molar-refractivity contribution in [2.75, 3.05) is 19.6 Å². The Hall–Kier alpha value is -4.55. The number of aryl methyl sites for hydroxylation is 3. The summed E-state index contributed by atoms with van der Waals surface area (Å²) in [5.41, 5.74) is 3.10. The highest BCUT2D eigenvalue weighted by Gasteiger charge is 2.39. The number of carbonyl (C=O) groups is 4. The van der Waals surface area contributed by atoms with Crippen molar-refractivity contribution in [3.05, 3.63) is 64.8 Å². The summed E-state index contributed by atoms with van der Waals surface area (Å²) >= 11 is 0. The maximum absolute atomic E-state index is 14.0. The fourth-order valence-corrected chi connectivity index (χ4v) is 5.49. The molecule has 2 N–H and O–H groups in total. The number of carbonyl (C=O) groups excluding carboxylic acids is 4. The Morgan fingerprint density at radius 3 is 2.67 bits per heavy atom. The second kappa shape index (κ2) is 13.0. The van der Waals surface area contributed by atoms with E-state index >= 15 is 0 Å². The number of benzene rings is 1. The normalized spacial score (nSPS) is 20.3. The molecular weight excluding hydrogens is 540 g/mol. The van der Waals surface area contributed by atoms with Crippen molar-refractivity contribution in [2.45, 2.75) is 71.1 Å². The molecule has 222 valence electrons. The second-order valence-electron chi connectivity index (χ2n) is 10.8. The zero-order chi connectivity index (χ0) is 29.6. The predicted molar refractivity (Wildman–Crippen MR) is 150 cm³/mol. The summed E-state index contributed by atoms with van der Waals surface area (Å²) < 4.78 is 6.85. The third-order valence-corrected chi connectivity index (χ3v) is 7.83. The van der Waals surface area contributed by atoms with Crippen LogP contribution in [0.1, 0.15) is 47.5 Å². The van der Waals surface area contributed by atoms with Crippen LogP contribution in [0, 0.1) is 13.8 Å². The highest BCUT2D eigenvalue weighted by atomic mass is 16.5. The van der Waals surface area contributed by atoms with Gasteiger partial charge < -0.3 is 25.0 Å². The molecule has 5 rings (SSSR count). The average Bonchev–Trinajstić information content (AvgIpc) is 3.58. The molecule has 1 saturated heterocycles. The lowest BCUT2D eigenvalue weighted by Crippen LogP contribution is -2.64. The van der Waals surface area contributed by atoms with Crippen LogP contribution in [0.4, 0.5) is 0 Å². The molecule has 1 fully saturated rings. The first-order valence-corrected chi connectivity index (χ1v) is 14.3. The topological polar surface area (TPSA) is 156 Å². The highest BCUT2D eigenvalue weighted by molar-refractivity contribution is 5.93. The average molecular weight is 577 g/mol. The van der Waals surface area contributed by atoms with Gasteiger partial charge in [0.05, 0.1) is 25.0 Å². The molecule has 3 aromatic rings. The number of rotatable bonds is 5. The smallest absolute Gasteiger partial charge is 0.246 e. The van der Waals surface area contributed by atoms with Gasteiger partial charge in [0.15, 0.2) is 0 Å². The minimum absolute atomic E-state index is 0.0384. The second-order valence-corrected chi connectivity index (χ2v) is 10.8. The summed E-state index contributed by atoms with van der Waals surface area (Å²) in [5, 5.41) is 17.9. The number of hydrogen-bond donors (Lipinski definition) is 2. The molecule has 0 spiro atoms. The third kappa shape index (κ3) is 6.84. The van der Waals surface area contributed by atoms with Crippen molar-refractivity contribution in [1.29, 1.82) is 0 Å². The largest absolute Gasteiger partial charge is 0.361 e. The Morgan fingerprint density at radius 2 is 1.90 bits per heavy atom. The van der Waals surface area contributed by atoms with E-state index in [2.05, 4.69) is 26.1 Å². The van der Waals surface area contributed by atoms with Crippen molar-refractivity contribution in [2.24, 2.45) is 0 Å². The van der Waals surface area contributed by atoms with E-state index in [0.29, 0.717) is 30.8 Å². The Bertz CT molecular complexity index is 1420. The van der Waals surface area contributed by atoms with Crippen molar-refractivity contribution >= 4 is 23.6 Å². The monoisotopic (exact) mass is 576 g/mol. The molecule has 0 unspecified atom stereocenters. The van der Waals surface area contributed by atoms with Crippen LogP contribution in [-0.4, -0.2) is 85.3 Å². The molecule has 2 bridgehead atoms. The van der Waals surface area contributed by atoms with Gasteiger partial charge in [0, 0.05) is 44.5 Å². The van der Waals surface area contributed by atoms with Crippen LogP contribution in [0.2, 0.25) is 0 Å². The standard InChI is InChI=1S/C29H36N8O5/c1-19-23(20(2)42-33-19)10-11-27(39)35-13-14-37-25(18-35)28(40)30-16-22-17-36(34-32-22)12-6-9-26(38)31-24(29(37)41)15-21-7-4-3-5-8-21/h3-5,7-8,17,24-25H,6,9-16,18H2,1-2H3,(H,30,40)(H,31,38)/t24-,25+/m0/s1. The summed E-state index contributed by atoms with van der Waals surface area (Å²) in [6, 6.07) is 7.64. The quantitative estimate of drug-likeness (QED) is 0.450. The van der Waals surface area contributed by atoms with Crippen molar-refractivity contribution < 1.29 is 23.7 Å². The molecule has 2 atom stereocenters. The van der Waals surface area contributed by atoms with E-state index < -0.39 is 18.0 Å². The number of aromatic nitrogens is 4.